The largest absolute Gasteiger partial charge is 0.574 e. The number of nitrogens with two attached hydrogens (primary N) is 1. The monoisotopic (exact) mass is 219 g/mol. The van der Waals surface area contributed by atoms with Gasteiger partial charge in [0.15, 0.2) is 5.75 Å². The molecule has 0 aliphatic rings. The van der Waals surface area contributed by atoms with E-state index < -0.39 is 29.2 Å². The summed E-state index contributed by atoms with van der Waals surface area (Å²) < 4.78 is 38.8. The topological polar surface area (TPSA) is 92.2 Å². The van der Waals surface area contributed by atoms with Gasteiger partial charge in [0, 0.05) is 0 Å². The van der Waals surface area contributed by atoms with Gasteiger partial charge in [0.1, 0.15) is 17.3 Å². The first-order valence-electron chi connectivity index (χ1n) is 3.48. The zero-order valence-electron chi connectivity index (χ0n) is 7.04. The molecule has 0 radical (unpaired) electrons. The number of nitrogens with zero attached hydrogens (tertiary/aromatic N) is 2. The quantitative estimate of drug-likeness (QED) is 0.738. The zero-order valence-corrected chi connectivity index (χ0v) is 7.04. The Hall–Kier alpha value is -2.17. The van der Waals surface area contributed by atoms with Crippen molar-refractivity contribution in [3.8, 4) is 17.7 Å². The number of hydrogen-bond acceptors (Lipinski definition) is 5. The van der Waals surface area contributed by atoms with Crippen LogP contribution in [0.3, 0.4) is 0 Å². The second-order valence-corrected chi connectivity index (χ2v) is 2.40. The van der Waals surface area contributed by atoms with Gasteiger partial charge in [0.25, 0.3) is 0 Å². The van der Waals surface area contributed by atoms with Gasteiger partial charge in [0.2, 0.25) is 5.88 Å². The number of alkyl halides is 3. The molecule has 15 heavy (non-hydrogen) atoms. The van der Waals surface area contributed by atoms with Gasteiger partial charge in [-0.3, -0.25) is 0 Å². The molecule has 0 atom stereocenters. The van der Waals surface area contributed by atoms with Gasteiger partial charge in [-0.2, -0.15) is 5.26 Å². The number of ether oxygens (including phenoxy) is 1. The molecule has 80 valence electrons. The highest BCUT2D eigenvalue weighted by Crippen LogP contribution is 2.32. The smallest absolute Gasteiger partial charge is 0.505 e. The molecule has 1 aromatic rings. The van der Waals surface area contributed by atoms with Crippen molar-refractivity contribution in [2.75, 3.05) is 5.73 Å². The van der Waals surface area contributed by atoms with E-state index in [0.29, 0.717) is 6.20 Å². The number of halogens is 3. The van der Waals surface area contributed by atoms with Gasteiger partial charge >= 0.3 is 6.36 Å². The third kappa shape index (κ3) is 2.40. The van der Waals surface area contributed by atoms with Crippen LogP contribution in [0.5, 0.6) is 11.6 Å². The highest BCUT2D eigenvalue weighted by Gasteiger charge is 2.33. The molecule has 0 fully saturated rings. The molecule has 0 amide bonds. The molecule has 8 heteroatoms. The summed E-state index contributed by atoms with van der Waals surface area (Å²) in [4.78, 5) is 3.10. The first-order chi connectivity index (χ1) is 6.85. The molecule has 1 aromatic heterocycles. The lowest BCUT2D eigenvalue weighted by Crippen LogP contribution is -2.19. The van der Waals surface area contributed by atoms with Crippen molar-refractivity contribution in [3.63, 3.8) is 0 Å². The van der Waals surface area contributed by atoms with E-state index >= 15 is 0 Å². The van der Waals surface area contributed by atoms with Crippen LogP contribution in [0.1, 0.15) is 5.56 Å². The maximum atomic E-state index is 11.8. The van der Waals surface area contributed by atoms with Crippen LogP contribution >= 0.6 is 0 Å². The molecule has 3 N–H and O–H groups in total. The molecule has 5 nitrogen and oxygen atoms in total. The minimum Gasteiger partial charge on any atom is -0.505 e. The second kappa shape index (κ2) is 3.53. The highest BCUT2D eigenvalue weighted by molar-refractivity contribution is 5.65. The van der Waals surface area contributed by atoms with Crippen LogP contribution in [0.25, 0.3) is 0 Å². The Kier molecular flexibility index (Phi) is 2.57. The van der Waals surface area contributed by atoms with E-state index in [1.807, 2.05) is 0 Å². The summed E-state index contributed by atoms with van der Waals surface area (Å²) in [6, 6.07) is 1.43. The summed E-state index contributed by atoms with van der Waals surface area (Å²) in [7, 11) is 0. The van der Waals surface area contributed by atoms with E-state index in [1.165, 1.54) is 6.07 Å². The average molecular weight is 219 g/mol. The number of aromatic nitrogens is 1. The SMILES string of the molecule is N#Cc1c(O)cnc(OC(F)(F)F)c1N. The fraction of sp³-hybridized carbons (Fsp3) is 0.143. The van der Waals surface area contributed by atoms with Gasteiger partial charge in [-0.05, 0) is 0 Å². The molecule has 1 heterocycles. The first kappa shape index (κ1) is 10.9. The van der Waals surface area contributed by atoms with Gasteiger partial charge in [-0.25, -0.2) is 4.98 Å². The molecule has 1 rings (SSSR count). The van der Waals surface area contributed by atoms with Crippen LogP contribution in [0.4, 0.5) is 18.9 Å². The summed E-state index contributed by atoms with van der Waals surface area (Å²) in [6.07, 6.45) is -4.30. The van der Waals surface area contributed by atoms with E-state index in [1.54, 1.807) is 0 Å². The minimum atomic E-state index is -4.95. The summed E-state index contributed by atoms with van der Waals surface area (Å²) >= 11 is 0. The third-order valence-corrected chi connectivity index (χ3v) is 1.38. The number of nitrogen functional groups attached to an aromatic ring is 1. The Morgan fingerprint density at radius 2 is 2.13 bits per heavy atom. The van der Waals surface area contributed by atoms with Crippen molar-refractivity contribution in [1.82, 2.24) is 4.98 Å². The summed E-state index contributed by atoms with van der Waals surface area (Å²) in [5.74, 6) is -1.57. The Labute approximate surface area is 81.5 Å². The van der Waals surface area contributed by atoms with Crippen molar-refractivity contribution in [2.45, 2.75) is 6.36 Å². The molecule has 0 saturated carbocycles. The lowest BCUT2D eigenvalue weighted by atomic mass is 10.2. The van der Waals surface area contributed by atoms with E-state index in [2.05, 4.69) is 9.72 Å². The second-order valence-electron chi connectivity index (χ2n) is 2.40. The molecule has 0 bridgehead atoms. The van der Waals surface area contributed by atoms with Crippen LogP contribution < -0.4 is 10.5 Å². The normalized spacial score (nSPS) is 10.8. The maximum Gasteiger partial charge on any atom is 0.574 e. The molecule has 0 aromatic carbocycles. The van der Waals surface area contributed by atoms with E-state index in [4.69, 9.17) is 16.1 Å². The van der Waals surface area contributed by atoms with Crippen molar-refractivity contribution in [3.05, 3.63) is 11.8 Å². The number of rotatable bonds is 1. The number of anilines is 1. The maximum absolute atomic E-state index is 11.8. The van der Waals surface area contributed by atoms with Crippen molar-refractivity contribution < 1.29 is 23.0 Å². The lowest BCUT2D eigenvalue weighted by molar-refractivity contribution is -0.275. The number of aromatic hydroxyl groups is 1. The number of nitriles is 1. The van der Waals surface area contributed by atoms with Gasteiger partial charge in [-0.1, -0.05) is 0 Å². The molecule has 0 unspecified atom stereocenters. The molecule has 0 aliphatic carbocycles. The van der Waals surface area contributed by atoms with Crippen LogP contribution in [-0.4, -0.2) is 16.5 Å². The van der Waals surface area contributed by atoms with Crippen LogP contribution in [-0.2, 0) is 0 Å². The van der Waals surface area contributed by atoms with Crippen LogP contribution in [0.2, 0.25) is 0 Å². The Bertz CT molecular complexity index is 425. The first-order valence-corrected chi connectivity index (χ1v) is 3.48. The molecular weight excluding hydrogens is 215 g/mol. The molecular formula is C7H4F3N3O2. The van der Waals surface area contributed by atoms with Gasteiger partial charge < -0.3 is 15.6 Å². The van der Waals surface area contributed by atoms with Crippen molar-refractivity contribution >= 4 is 5.69 Å². The fourth-order valence-corrected chi connectivity index (χ4v) is 0.807. The van der Waals surface area contributed by atoms with E-state index in [0.717, 1.165) is 0 Å². The highest BCUT2D eigenvalue weighted by atomic mass is 19.4. The Morgan fingerprint density at radius 3 is 2.60 bits per heavy atom. The fourth-order valence-electron chi connectivity index (χ4n) is 0.807. The van der Waals surface area contributed by atoms with Crippen molar-refractivity contribution in [1.29, 1.82) is 5.26 Å². The zero-order chi connectivity index (χ0) is 11.6. The molecule has 0 spiro atoms. The summed E-state index contributed by atoms with van der Waals surface area (Å²) in [5, 5.41) is 17.5. The van der Waals surface area contributed by atoms with E-state index in [-0.39, 0.29) is 0 Å². The predicted molar refractivity (Wildman–Crippen MR) is 41.7 cm³/mol. The minimum absolute atomic E-state index is 0.510. The Morgan fingerprint density at radius 1 is 1.53 bits per heavy atom. The molecule has 0 saturated heterocycles. The summed E-state index contributed by atoms with van der Waals surface area (Å²) in [6.45, 7) is 0. The van der Waals surface area contributed by atoms with Crippen LogP contribution in [0.15, 0.2) is 6.20 Å². The predicted octanol–water partition coefficient (Wildman–Crippen LogP) is 1.14. The number of hydrogen-bond donors (Lipinski definition) is 2. The Balaban J connectivity index is 3.18. The van der Waals surface area contributed by atoms with Gasteiger partial charge in [0.05, 0.1) is 6.20 Å². The lowest BCUT2D eigenvalue weighted by Gasteiger charge is -2.10. The number of pyridine rings is 1. The van der Waals surface area contributed by atoms with Crippen LogP contribution in [0, 0.1) is 11.3 Å². The van der Waals surface area contributed by atoms with Crippen molar-refractivity contribution in [2.24, 2.45) is 0 Å². The molecule has 0 aliphatic heterocycles. The average Bonchev–Trinajstić information content (AvgIpc) is 2.09. The van der Waals surface area contributed by atoms with Gasteiger partial charge in [-0.15, -0.1) is 13.2 Å². The van der Waals surface area contributed by atoms with E-state index in [9.17, 15) is 13.2 Å². The summed E-state index contributed by atoms with van der Waals surface area (Å²) in [5.41, 5.74) is 3.96. The third-order valence-electron chi connectivity index (χ3n) is 1.38. The standard InChI is InChI=1S/C7H4F3N3O2/c8-7(9,10)15-6-5(12)3(1-11)4(14)2-13-6/h2,14H,12H2.